The van der Waals surface area contributed by atoms with Crippen molar-refractivity contribution < 1.29 is 19.8 Å². The number of aromatic carboxylic acids is 1. The van der Waals surface area contributed by atoms with Crippen LogP contribution in [0.25, 0.3) is 0 Å². The summed E-state index contributed by atoms with van der Waals surface area (Å²) in [6, 6.07) is 4.90. The first-order chi connectivity index (χ1) is 9.88. The summed E-state index contributed by atoms with van der Waals surface area (Å²) in [6.45, 7) is 2.91. The molecule has 1 unspecified atom stereocenters. The van der Waals surface area contributed by atoms with Crippen LogP contribution in [0.1, 0.15) is 28.4 Å². The number of urea groups is 1. The van der Waals surface area contributed by atoms with E-state index < -0.39 is 12.1 Å². The number of benzene rings is 1. The predicted octanol–water partition coefficient (Wildman–Crippen LogP) is 1.18. The van der Waals surface area contributed by atoms with Gasteiger partial charge in [-0.2, -0.15) is 0 Å². The Bertz CT molecular complexity index is 557. The Kier molecular flexibility index (Phi) is 4.47. The van der Waals surface area contributed by atoms with Gasteiger partial charge < -0.3 is 20.0 Å². The number of carboxylic acids is 1. The van der Waals surface area contributed by atoms with Gasteiger partial charge in [-0.15, -0.1) is 0 Å². The van der Waals surface area contributed by atoms with Gasteiger partial charge in [-0.1, -0.05) is 6.07 Å². The van der Waals surface area contributed by atoms with Crippen molar-refractivity contribution in [1.29, 1.82) is 0 Å². The third-order valence-electron chi connectivity index (χ3n) is 3.60. The minimum absolute atomic E-state index is 0.151. The SMILES string of the molecule is CC(O)CN(C)C(=O)N1CCc2ccc(C(=O)O)cc2C1. The van der Waals surface area contributed by atoms with E-state index in [1.54, 1.807) is 31.0 Å². The molecule has 1 aliphatic heterocycles. The standard InChI is InChI=1S/C15H20N2O4/c1-10(18)8-16(2)15(21)17-6-5-11-3-4-12(14(19)20)7-13(11)9-17/h3-4,7,10,18H,5-6,8-9H2,1-2H3,(H,19,20). The molecular weight excluding hydrogens is 272 g/mol. The van der Waals surface area contributed by atoms with Crippen LogP contribution in [0, 0.1) is 0 Å². The van der Waals surface area contributed by atoms with Crippen molar-refractivity contribution in [3.05, 3.63) is 34.9 Å². The average molecular weight is 292 g/mol. The number of aliphatic hydroxyl groups excluding tert-OH is 1. The smallest absolute Gasteiger partial charge is 0.335 e. The molecule has 2 amide bonds. The van der Waals surface area contributed by atoms with Crippen molar-refractivity contribution in [1.82, 2.24) is 9.80 Å². The summed E-state index contributed by atoms with van der Waals surface area (Å²) in [5, 5.41) is 18.4. The van der Waals surface area contributed by atoms with Crippen molar-refractivity contribution in [3.8, 4) is 0 Å². The molecule has 0 fully saturated rings. The van der Waals surface area contributed by atoms with Crippen LogP contribution in [0.4, 0.5) is 4.79 Å². The Morgan fingerprint density at radius 3 is 2.71 bits per heavy atom. The predicted molar refractivity (Wildman–Crippen MR) is 77.2 cm³/mol. The lowest BCUT2D eigenvalue weighted by molar-refractivity contribution is 0.0696. The molecule has 0 saturated heterocycles. The Labute approximate surface area is 123 Å². The summed E-state index contributed by atoms with van der Waals surface area (Å²) in [6.07, 6.45) is 0.137. The van der Waals surface area contributed by atoms with Crippen LogP contribution in [0.15, 0.2) is 18.2 Å². The topological polar surface area (TPSA) is 81.1 Å². The number of rotatable bonds is 3. The van der Waals surface area contributed by atoms with Crippen LogP contribution in [0.5, 0.6) is 0 Å². The largest absolute Gasteiger partial charge is 0.478 e. The summed E-state index contributed by atoms with van der Waals surface area (Å²) < 4.78 is 0. The lowest BCUT2D eigenvalue weighted by Crippen LogP contribution is -2.45. The van der Waals surface area contributed by atoms with Crippen molar-refractivity contribution in [3.63, 3.8) is 0 Å². The quantitative estimate of drug-likeness (QED) is 0.876. The molecule has 1 atom stereocenters. The lowest BCUT2D eigenvalue weighted by atomic mass is 9.97. The second-order valence-corrected chi connectivity index (χ2v) is 5.47. The van der Waals surface area contributed by atoms with Crippen LogP contribution in [0.3, 0.4) is 0 Å². The van der Waals surface area contributed by atoms with Crippen LogP contribution >= 0.6 is 0 Å². The fraction of sp³-hybridized carbons (Fsp3) is 0.467. The number of carboxylic acid groups (broad SMARTS) is 1. The molecule has 0 bridgehead atoms. The van der Waals surface area contributed by atoms with Crippen LogP contribution in [-0.4, -0.2) is 58.3 Å². The monoisotopic (exact) mass is 292 g/mol. The van der Waals surface area contributed by atoms with E-state index in [-0.39, 0.29) is 18.1 Å². The minimum atomic E-state index is -0.965. The molecule has 0 radical (unpaired) electrons. The average Bonchev–Trinajstić information content (AvgIpc) is 2.44. The molecule has 1 heterocycles. The molecule has 6 heteroatoms. The first-order valence-electron chi connectivity index (χ1n) is 6.91. The van der Waals surface area contributed by atoms with E-state index in [0.717, 1.165) is 11.1 Å². The molecule has 0 saturated carbocycles. The fourth-order valence-electron chi connectivity index (χ4n) is 2.57. The molecule has 0 aliphatic carbocycles. The minimum Gasteiger partial charge on any atom is -0.478 e. The van der Waals surface area contributed by atoms with Gasteiger partial charge in [0.1, 0.15) is 0 Å². The molecule has 2 rings (SSSR count). The number of aliphatic hydroxyl groups is 1. The van der Waals surface area contributed by atoms with E-state index in [1.807, 2.05) is 6.07 Å². The zero-order valence-electron chi connectivity index (χ0n) is 12.2. The van der Waals surface area contributed by atoms with Gasteiger partial charge in [0.2, 0.25) is 0 Å². The number of carbonyl (C=O) groups excluding carboxylic acids is 1. The summed E-state index contributed by atoms with van der Waals surface area (Å²) in [5.74, 6) is -0.965. The highest BCUT2D eigenvalue weighted by Crippen LogP contribution is 2.21. The molecule has 6 nitrogen and oxygen atoms in total. The zero-order valence-corrected chi connectivity index (χ0v) is 12.2. The van der Waals surface area contributed by atoms with E-state index in [9.17, 15) is 14.7 Å². The van der Waals surface area contributed by atoms with Crippen LogP contribution in [0.2, 0.25) is 0 Å². The zero-order chi connectivity index (χ0) is 15.6. The van der Waals surface area contributed by atoms with Gasteiger partial charge in [0.05, 0.1) is 11.7 Å². The number of hydrogen-bond acceptors (Lipinski definition) is 3. The second-order valence-electron chi connectivity index (χ2n) is 5.47. The fourth-order valence-corrected chi connectivity index (χ4v) is 2.57. The molecule has 1 aromatic rings. The molecule has 1 aromatic carbocycles. The van der Waals surface area contributed by atoms with Crippen LogP contribution < -0.4 is 0 Å². The molecular formula is C15H20N2O4. The summed E-state index contributed by atoms with van der Waals surface area (Å²) in [4.78, 5) is 26.5. The Morgan fingerprint density at radius 2 is 2.10 bits per heavy atom. The number of fused-ring (bicyclic) bond motifs is 1. The highest BCUT2D eigenvalue weighted by atomic mass is 16.4. The lowest BCUT2D eigenvalue weighted by Gasteiger charge is -2.32. The molecule has 114 valence electrons. The Hall–Kier alpha value is -2.08. The third-order valence-corrected chi connectivity index (χ3v) is 3.60. The van der Waals surface area contributed by atoms with Gasteiger partial charge in [0.25, 0.3) is 0 Å². The normalized spacial score (nSPS) is 15.3. The maximum Gasteiger partial charge on any atom is 0.335 e. The van der Waals surface area contributed by atoms with E-state index in [4.69, 9.17) is 5.11 Å². The first kappa shape index (κ1) is 15.3. The van der Waals surface area contributed by atoms with Gasteiger partial charge in [-0.05, 0) is 36.6 Å². The van der Waals surface area contributed by atoms with Crippen molar-refractivity contribution in [2.45, 2.75) is 26.0 Å². The van der Waals surface area contributed by atoms with Gasteiger partial charge in [-0.3, -0.25) is 0 Å². The van der Waals surface area contributed by atoms with Gasteiger partial charge in [0, 0.05) is 26.7 Å². The Balaban J connectivity index is 2.12. The second kappa shape index (κ2) is 6.13. The number of likely N-dealkylation sites (N-methyl/N-ethyl adjacent to an activating group) is 1. The highest BCUT2D eigenvalue weighted by Gasteiger charge is 2.24. The van der Waals surface area contributed by atoms with Gasteiger partial charge >= 0.3 is 12.0 Å². The number of hydrogen-bond donors (Lipinski definition) is 2. The molecule has 2 N–H and O–H groups in total. The maximum absolute atomic E-state index is 12.3. The van der Waals surface area contributed by atoms with Crippen molar-refractivity contribution in [2.75, 3.05) is 20.1 Å². The maximum atomic E-state index is 12.3. The van der Waals surface area contributed by atoms with E-state index in [2.05, 4.69) is 0 Å². The van der Waals surface area contributed by atoms with E-state index in [0.29, 0.717) is 19.5 Å². The molecule has 21 heavy (non-hydrogen) atoms. The van der Waals surface area contributed by atoms with Crippen molar-refractivity contribution in [2.24, 2.45) is 0 Å². The summed E-state index contributed by atoms with van der Waals surface area (Å²) >= 11 is 0. The molecule has 0 aromatic heterocycles. The van der Waals surface area contributed by atoms with E-state index in [1.165, 1.54) is 4.90 Å². The first-order valence-corrected chi connectivity index (χ1v) is 6.91. The summed E-state index contributed by atoms with van der Waals surface area (Å²) in [5.41, 5.74) is 2.20. The van der Waals surface area contributed by atoms with Crippen molar-refractivity contribution >= 4 is 12.0 Å². The molecule has 0 spiro atoms. The third kappa shape index (κ3) is 3.52. The van der Waals surface area contributed by atoms with Gasteiger partial charge in [-0.25, -0.2) is 9.59 Å². The highest BCUT2D eigenvalue weighted by molar-refractivity contribution is 5.88. The number of nitrogens with zero attached hydrogens (tertiary/aromatic N) is 2. The van der Waals surface area contributed by atoms with E-state index >= 15 is 0 Å². The van der Waals surface area contributed by atoms with Gasteiger partial charge in [0.15, 0.2) is 0 Å². The number of carbonyl (C=O) groups is 2. The van der Waals surface area contributed by atoms with Crippen LogP contribution in [-0.2, 0) is 13.0 Å². The Morgan fingerprint density at radius 1 is 1.38 bits per heavy atom. The summed E-state index contributed by atoms with van der Waals surface area (Å²) in [7, 11) is 1.65. The molecule has 1 aliphatic rings. The number of amides is 2.